The van der Waals surface area contributed by atoms with Crippen LogP contribution in [-0.2, 0) is 6.54 Å². The van der Waals surface area contributed by atoms with E-state index in [2.05, 4.69) is 10.1 Å². The van der Waals surface area contributed by atoms with Gasteiger partial charge in [0.05, 0.1) is 18.4 Å². The monoisotopic (exact) mass is 250 g/mol. The van der Waals surface area contributed by atoms with Crippen molar-refractivity contribution >= 4 is 5.69 Å². The molecule has 0 saturated carbocycles. The van der Waals surface area contributed by atoms with E-state index in [-0.39, 0.29) is 0 Å². The smallest absolute Gasteiger partial charge is 0.0733 e. The van der Waals surface area contributed by atoms with Crippen LogP contribution in [-0.4, -0.2) is 14.8 Å². The van der Waals surface area contributed by atoms with Gasteiger partial charge >= 0.3 is 0 Å². The Labute approximate surface area is 111 Å². The molecule has 0 bridgehead atoms. The van der Waals surface area contributed by atoms with Crippen molar-refractivity contribution in [2.75, 3.05) is 5.73 Å². The van der Waals surface area contributed by atoms with Crippen molar-refractivity contribution < 1.29 is 0 Å². The molecule has 0 aliphatic rings. The molecule has 0 saturated heterocycles. The molecule has 1 aromatic carbocycles. The summed E-state index contributed by atoms with van der Waals surface area (Å²) in [7, 11) is 0. The van der Waals surface area contributed by atoms with Gasteiger partial charge in [-0.3, -0.25) is 9.67 Å². The largest absolute Gasteiger partial charge is 0.398 e. The van der Waals surface area contributed by atoms with Crippen LogP contribution in [0.1, 0.15) is 5.56 Å². The van der Waals surface area contributed by atoms with Crippen LogP contribution in [0, 0.1) is 0 Å². The highest BCUT2D eigenvalue weighted by Crippen LogP contribution is 2.17. The van der Waals surface area contributed by atoms with Gasteiger partial charge in [0.15, 0.2) is 0 Å². The van der Waals surface area contributed by atoms with E-state index in [1.165, 1.54) is 0 Å². The summed E-state index contributed by atoms with van der Waals surface area (Å²) in [6.45, 7) is 0.666. The summed E-state index contributed by atoms with van der Waals surface area (Å²) < 4.78 is 1.87. The molecular formula is C15H14N4. The number of rotatable bonds is 3. The standard InChI is InChI=1S/C15H14N4/c16-14-6-2-1-5-12(14)10-19-11-13(9-18-19)15-7-3-4-8-17-15/h1-9,11H,10,16H2. The zero-order valence-corrected chi connectivity index (χ0v) is 10.4. The number of hydrogen-bond acceptors (Lipinski definition) is 3. The van der Waals surface area contributed by atoms with Crippen LogP contribution in [0.2, 0.25) is 0 Å². The lowest BCUT2D eigenvalue weighted by Gasteiger charge is -2.04. The third-order valence-electron chi connectivity index (χ3n) is 2.98. The second-order valence-electron chi connectivity index (χ2n) is 4.34. The molecule has 2 N–H and O–H groups in total. The molecule has 0 aliphatic heterocycles. The molecule has 0 atom stereocenters. The first-order valence-electron chi connectivity index (χ1n) is 6.10. The Bertz CT molecular complexity index is 673. The molecule has 4 nitrogen and oxygen atoms in total. The maximum Gasteiger partial charge on any atom is 0.0733 e. The van der Waals surface area contributed by atoms with Crippen LogP contribution in [0.3, 0.4) is 0 Å². The van der Waals surface area contributed by atoms with E-state index in [9.17, 15) is 0 Å². The van der Waals surface area contributed by atoms with Gasteiger partial charge in [0.2, 0.25) is 0 Å². The van der Waals surface area contributed by atoms with E-state index in [0.29, 0.717) is 6.54 Å². The van der Waals surface area contributed by atoms with Gasteiger partial charge < -0.3 is 5.73 Å². The van der Waals surface area contributed by atoms with Crippen LogP contribution in [0.15, 0.2) is 61.1 Å². The average Bonchev–Trinajstić information content (AvgIpc) is 2.91. The number of nitrogens with zero attached hydrogens (tertiary/aromatic N) is 3. The molecule has 0 radical (unpaired) electrons. The predicted molar refractivity (Wildman–Crippen MR) is 75.4 cm³/mol. The first-order chi connectivity index (χ1) is 9.33. The van der Waals surface area contributed by atoms with E-state index in [1.807, 2.05) is 59.5 Å². The van der Waals surface area contributed by atoms with Crippen molar-refractivity contribution in [2.24, 2.45) is 0 Å². The fourth-order valence-corrected chi connectivity index (χ4v) is 1.97. The lowest BCUT2D eigenvalue weighted by molar-refractivity contribution is 0.688. The minimum absolute atomic E-state index is 0.666. The molecular weight excluding hydrogens is 236 g/mol. The molecule has 0 aliphatic carbocycles. The molecule has 4 heteroatoms. The van der Waals surface area contributed by atoms with Gasteiger partial charge in [-0.2, -0.15) is 5.10 Å². The number of benzene rings is 1. The number of aromatic nitrogens is 3. The fourth-order valence-electron chi connectivity index (χ4n) is 1.97. The lowest BCUT2D eigenvalue weighted by Crippen LogP contribution is -2.02. The SMILES string of the molecule is Nc1ccccc1Cn1cc(-c2ccccn2)cn1. The molecule has 94 valence electrons. The normalized spacial score (nSPS) is 10.5. The first-order valence-corrected chi connectivity index (χ1v) is 6.10. The maximum atomic E-state index is 5.93. The Morgan fingerprint density at radius 3 is 2.68 bits per heavy atom. The van der Waals surface area contributed by atoms with Crippen LogP contribution in [0.5, 0.6) is 0 Å². The molecule has 0 spiro atoms. The molecule has 0 unspecified atom stereocenters. The third-order valence-corrected chi connectivity index (χ3v) is 2.98. The number of para-hydroxylation sites is 1. The maximum absolute atomic E-state index is 5.93. The van der Waals surface area contributed by atoms with E-state index in [0.717, 1.165) is 22.5 Å². The molecule has 0 amide bonds. The molecule has 2 aromatic heterocycles. The summed E-state index contributed by atoms with van der Waals surface area (Å²) in [5.41, 5.74) is 9.72. The number of nitrogens with two attached hydrogens (primary N) is 1. The van der Waals surface area contributed by atoms with Crippen molar-refractivity contribution in [3.05, 3.63) is 66.6 Å². The number of anilines is 1. The second-order valence-corrected chi connectivity index (χ2v) is 4.34. The van der Waals surface area contributed by atoms with Gasteiger partial charge in [-0.15, -0.1) is 0 Å². The number of nitrogen functional groups attached to an aromatic ring is 1. The fraction of sp³-hybridized carbons (Fsp3) is 0.0667. The minimum Gasteiger partial charge on any atom is -0.398 e. The quantitative estimate of drug-likeness (QED) is 0.727. The van der Waals surface area contributed by atoms with E-state index < -0.39 is 0 Å². The van der Waals surface area contributed by atoms with Crippen molar-refractivity contribution in [1.29, 1.82) is 0 Å². The summed E-state index contributed by atoms with van der Waals surface area (Å²) >= 11 is 0. The van der Waals surface area contributed by atoms with Gasteiger partial charge in [0, 0.05) is 23.6 Å². The van der Waals surface area contributed by atoms with E-state index in [1.54, 1.807) is 6.20 Å². The highest BCUT2D eigenvalue weighted by molar-refractivity contribution is 5.56. The minimum atomic E-state index is 0.666. The van der Waals surface area contributed by atoms with Crippen LogP contribution >= 0.6 is 0 Å². The summed E-state index contributed by atoms with van der Waals surface area (Å²) in [6.07, 6.45) is 5.58. The number of pyridine rings is 1. The Hall–Kier alpha value is -2.62. The first kappa shape index (κ1) is 11.5. The summed E-state index contributed by atoms with van der Waals surface area (Å²) in [5, 5.41) is 4.35. The van der Waals surface area contributed by atoms with Crippen molar-refractivity contribution in [2.45, 2.75) is 6.54 Å². The Kier molecular flexibility index (Phi) is 2.98. The van der Waals surface area contributed by atoms with Crippen LogP contribution < -0.4 is 5.73 Å². The van der Waals surface area contributed by atoms with Gasteiger partial charge in [-0.05, 0) is 23.8 Å². The zero-order chi connectivity index (χ0) is 13.1. The van der Waals surface area contributed by atoms with Gasteiger partial charge in [-0.25, -0.2) is 0 Å². The Balaban J connectivity index is 1.85. The van der Waals surface area contributed by atoms with Crippen molar-refractivity contribution in [3.8, 4) is 11.3 Å². The van der Waals surface area contributed by atoms with Gasteiger partial charge in [0.1, 0.15) is 0 Å². The third kappa shape index (κ3) is 2.47. The highest BCUT2D eigenvalue weighted by Gasteiger charge is 2.04. The van der Waals surface area contributed by atoms with Gasteiger partial charge in [-0.1, -0.05) is 24.3 Å². The molecule has 2 heterocycles. The Morgan fingerprint density at radius 2 is 1.89 bits per heavy atom. The Morgan fingerprint density at radius 1 is 1.05 bits per heavy atom. The van der Waals surface area contributed by atoms with Crippen molar-refractivity contribution in [1.82, 2.24) is 14.8 Å². The van der Waals surface area contributed by atoms with E-state index >= 15 is 0 Å². The van der Waals surface area contributed by atoms with Gasteiger partial charge in [0.25, 0.3) is 0 Å². The zero-order valence-electron chi connectivity index (χ0n) is 10.4. The predicted octanol–water partition coefficient (Wildman–Crippen LogP) is 2.58. The van der Waals surface area contributed by atoms with E-state index in [4.69, 9.17) is 5.73 Å². The molecule has 0 fully saturated rings. The summed E-state index contributed by atoms with van der Waals surface area (Å²) in [4.78, 5) is 4.31. The van der Waals surface area contributed by atoms with Crippen LogP contribution in [0.25, 0.3) is 11.3 Å². The molecule has 3 aromatic rings. The summed E-state index contributed by atoms with van der Waals surface area (Å²) in [5.74, 6) is 0. The topological polar surface area (TPSA) is 56.7 Å². The second kappa shape index (κ2) is 4.94. The van der Waals surface area contributed by atoms with Crippen LogP contribution in [0.4, 0.5) is 5.69 Å². The highest BCUT2D eigenvalue weighted by atomic mass is 15.3. The molecule has 3 rings (SSSR count). The summed E-state index contributed by atoms with van der Waals surface area (Å²) in [6, 6.07) is 13.7. The molecule has 19 heavy (non-hydrogen) atoms. The average molecular weight is 250 g/mol. The number of hydrogen-bond donors (Lipinski definition) is 1. The lowest BCUT2D eigenvalue weighted by atomic mass is 10.2. The van der Waals surface area contributed by atoms with Crippen molar-refractivity contribution in [3.63, 3.8) is 0 Å².